The van der Waals surface area contributed by atoms with E-state index in [0.29, 0.717) is 11.5 Å². The molecule has 4 rings (SSSR count). The highest BCUT2D eigenvalue weighted by molar-refractivity contribution is 5.97. The zero-order valence-corrected chi connectivity index (χ0v) is 14.9. The van der Waals surface area contributed by atoms with Crippen molar-refractivity contribution in [3.8, 4) is 0 Å². The molecule has 6 heteroatoms. The summed E-state index contributed by atoms with van der Waals surface area (Å²) in [5, 5.41) is 6.24. The molecular formula is C19H28N4O2. The number of carbonyl (C=O) groups is 2. The maximum absolute atomic E-state index is 12.7. The number of imidazole rings is 1. The molecule has 2 amide bonds. The van der Waals surface area contributed by atoms with Gasteiger partial charge in [-0.25, -0.2) is 4.98 Å². The number of hydrogen-bond donors (Lipinski definition) is 2. The van der Waals surface area contributed by atoms with Gasteiger partial charge in [-0.3, -0.25) is 9.59 Å². The number of nitrogens with one attached hydrogen (secondary N) is 2. The molecular weight excluding hydrogens is 316 g/mol. The van der Waals surface area contributed by atoms with E-state index in [1.165, 1.54) is 25.7 Å². The summed E-state index contributed by atoms with van der Waals surface area (Å²) in [5.74, 6) is 0.214. The lowest BCUT2D eigenvalue weighted by Crippen LogP contribution is -2.35. The summed E-state index contributed by atoms with van der Waals surface area (Å²) in [5.41, 5.74) is 1.42. The molecule has 25 heavy (non-hydrogen) atoms. The predicted octanol–water partition coefficient (Wildman–Crippen LogP) is 2.56. The molecule has 0 bridgehead atoms. The number of aromatic nitrogens is 2. The fourth-order valence-corrected chi connectivity index (χ4v) is 4.54. The van der Waals surface area contributed by atoms with Gasteiger partial charge in [0.1, 0.15) is 5.69 Å². The van der Waals surface area contributed by atoms with Crippen molar-refractivity contribution in [2.24, 2.45) is 0 Å². The van der Waals surface area contributed by atoms with E-state index >= 15 is 0 Å². The average molecular weight is 344 g/mol. The van der Waals surface area contributed by atoms with E-state index in [0.717, 1.165) is 57.2 Å². The molecule has 136 valence electrons. The maximum atomic E-state index is 12.7. The molecule has 1 aromatic rings. The fraction of sp³-hybridized carbons (Fsp3) is 0.737. The first-order valence-electron chi connectivity index (χ1n) is 9.93. The largest absolute Gasteiger partial charge is 0.348 e. The van der Waals surface area contributed by atoms with Crippen LogP contribution in [0.15, 0.2) is 0 Å². The van der Waals surface area contributed by atoms with Gasteiger partial charge in [0, 0.05) is 18.6 Å². The van der Waals surface area contributed by atoms with E-state index in [-0.39, 0.29) is 23.9 Å². The van der Waals surface area contributed by atoms with Crippen molar-refractivity contribution in [1.82, 2.24) is 20.2 Å². The number of fused-ring (bicyclic) bond motifs is 1. The highest BCUT2D eigenvalue weighted by Gasteiger charge is 2.30. The van der Waals surface area contributed by atoms with Crippen molar-refractivity contribution in [1.29, 1.82) is 0 Å². The minimum Gasteiger partial charge on any atom is -0.348 e. The quantitative estimate of drug-likeness (QED) is 0.881. The van der Waals surface area contributed by atoms with E-state index in [1.807, 2.05) is 4.57 Å². The van der Waals surface area contributed by atoms with Crippen LogP contribution in [0.25, 0.3) is 0 Å². The Morgan fingerprint density at radius 2 is 1.44 bits per heavy atom. The van der Waals surface area contributed by atoms with Crippen LogP contribution < -0.4 is 10.6 Å². The maximum Gasteiger partial charge on any atom is 0.287 e. The Morgan fingerprint density at radius 3 is 2.08 bits per heavy atom. The number of hydrogen-bond acceptors (Lipinski definition) is 3. The Kier molecular flexibility index (Phi) is 4.77. The summed E-state index contributed by atoms with van der Waals surface area (Å²) in [7, 11) is 0. The second-order valence-electron chi connectivity index (χ2n) is 7.75. The first kappa shape index (κ1) is 16.6. The molecule has 2 heterocycles. The van der Waals surface area contributed by atoms with Gasteiger partial charge in [-0.15, -0.1) is 0 Å². The summed E-state index contributed by atoms with van der Waals surface area (Å²) in [6, 6.07) is 0.531. The normalized spacial score (nSPS) is 21.3. The first-order valence-corrected chi connectivity index (χ1v) is 9.93. The van der Waals surface area contributed by atoms with Crippen molar-refractivity contribution in [3.05, 3.63) is 17.2 Å². The minimum absolute atomic E-state index is 0.0996. The molecule has 0 atom stereocenters. The van der Waals surface area contributed by atoms with Crippen LogP contribution in [0.1, 0.15) is 91.0 Å². The number of nitrogens with zero attached hydrogens (tertiary/aromatic N) is 2. The van der Waals surface area contributed by atoms with E-state index in [9.17, 15) is 9.59 Å². The topological polar surface area (TPSA) is 76.0 Å². The van der Waals surface area contributed by atoms with Gasteiger partial charge in [-0.1, -0.05) is 25.7 Å². The molecule has 2 N–H and O–H groups in total. The van der Waals surface area contributed by atoms with Crippen LogP contribution in [-0.4, -0.2) is 33.4 Å². The lowest BCUT2D eigenvalue weighted by Gasteiger charge is -2.18. The smallest absolute Gasteiger partial charge is 0.287 e. The van der Waals surface area contributed by atoms with Gasteiger partial charge in [0.15, 0.2) is 5.82 Å². The zero-order chi connectivity index (χ0) is 17.2. The molecule has 0 saturated heterocycles. The molecule has 0 unspecified atom stereocenters. The van der Waals surface area contributed by atoms with E-state index in [2.05, 4.69) is 15.6 Å². The highest BCUT2D eigenvalue weighted by atomic mass is 16.2. The standard InChI is InChI=1S/C19H28N4O2/c24-18(20-13-7-1-2-8-13)16-15-11-5-6-12-23(15)17(22-16)19(25)21-14-9-3-4-10-14/h13-14H,1-12H2,(H,20,24)(H,21,25). The van der Waals surface area contributed by atoms with Crippen molar-refractivity contribution in [2.45, 2.75) is 89.3 Å². The monoisotopic (exact) mass is 344 g/mol. The Morgan fingerprint density at radius 1 is 0.840 bits per heavy atom. The van der Waals surface area contributed by atoms with Crippen LogP contribution in [0, 0.1) is 0 Å². The van der Waals surface area contributed by atoms with Crippen LogP contribution >= 0.6 is 0 Å². The Bertz CT molecular complexity index is 600. The predicted molar refractivity (Wildman–Crippen MR) is 94.6 cm³/mol. The molecule has 0 spiro atoms. The van der Waals surface area contributed by atoms with E-state index in [4.69, 9.17) is 0 Å². The van der Waals surface area contributed by atoms with Crippen molar-refractivity contribution >= 4 is 11.8 Å². The Labute approximate surface area is 148 Å². The third-order valence-corrected chi connectivity index (χ3v) is 5.92. The van der Waals surface area contributed by atoms with Crippen LogP contribution in [0.2, 0.25) is 0 Å². The minimum atomic E-state index is -0.116. The fourth-order valence-electron chi connectivity index (χ4n) is 4.54. The van der Waals surface area contributed by atoms with Crippen LogP contribution in [0.3, 0.4) is 0 Å². The van der Waals surface area contributed by atoms with Gasteiger partial charge in [0.25, 0.3) is 11.8 Å². The van der Waals surface area contributed by atoms with Crippen LogP contribution in [-0.2, 0) is 13.0 Å². The van der Waals surface area contributed by atoms with Gasteiger partial charge in [-0.05, 0) is 44.9 Å². The summed E-state index contributed by atoms with van der Waals surface area (Å²) in [6.07, 6.45) is 11.9. The van der Waals surface area contributed by atoms with Crippen LogP contribution in [0.4, 0.5) is 0 Å². The van der Waals surface area contributed by atoms with E-state index < -0.39 is 0 Å². The van der Waals surface area contributed by atoms with E-state index in [1.54, 1.807) is 0 Å². The second-order valence-corrected chi connectivity index (χ2v) is 7.75. The molecule has 1 aliphatic heterocycles. The molecule has 2 saturated carbocycles. The Balaban J connectivity index is 1.55. The van der Waals surface area contributed by atoms with Gasteiger partial charge in [0.2, 0.25) is 0 Å². The van der Waals surface area contributed by atoms with Crippen LogP contribution in [0.5, 0.6) is 0 Å². The number of amides is 2. The average Bonchev–Trinajstić information content (AvgIpc) is 3.35. The number of rotatable bonds is 4. The molecule has 0 radical (unpaired) electrons. The summed E-state index contributed by atoms with van der Waals surface area (Å²) >= 11 is 0. The van der Waals surface area contributed by atoms with Crippen molar-refractivity contribution in [2.75, 3.05) is 0 Å². The molecule has 0 aromatic carbocycles. The second kappa shape index (κ2) is 7.18. The number of carbonyl (C=O) groups excluding carboxylic acids is 2. The summed E-state index contributed by atoms with van der Waals surface area (Å²) in [6.45, 7) is 0.784. The molecule has 2 fully saturated rings. The third-order valence-electron chi connectivity index (χ3n) is 5.92. The van der Waals surface area contributed by atoms with Crippen molar-refractivity contribution < 1.29 is 9.59 Å². The zero-order valence-electron chi connectivity index (χ0n) is 14.9. The molecule has 6 nitrogen and oxygen atoms in total. The van der Waals surface area contributed by atoms with Crippen molar-refractivity contribution in [3.63, 3.8) is 0 Å². The van der Waals surface area contributed by atoms with Gasteiger partial charge >= 0.3 is 0 Å². The molecule has 3 aliphatic rings. The highest BCUT2D eigenvalue weighted by Crippen LogP contribution is 2.24. The lowest BCUT2D eigenvalue weighted by atomic mass is 10.1. The first-order chi connectivity index (χ1) is 12.2. The third kappa shape index (κ3) is 3.44. The molecule has 2 aliphatic carbocycles. The summed E-state index contributed by atoms with van der Waals surface area (Å²) in [4.78, 5) is 30.0. The van der Waals surface area contributed by atoms with Gasteiger partial charge in [-0.2, -0.15) is 0 Å². The van der Waals surface area contributed by atoms with Gasteiger partial charge < -0.3 is 15.2 Å². The Hall–Kier alpha value is -1.85. The molecule has 1 aromatic heterocycles. The lowest BCUT2D eigenvalue weighted by molar-refractivity contribution is 0.0921. The van der Waals surface area contributed by atoms with Gasteiger partial charge in [0.05, 0.1) is 5.69 Å². The SMILES string of the molecule is O=C(NC1CCCC1)c1nc(C(=O)NC2CCCC2)n2c1CCCC2. The summed E-state index contributed by atoms with van der Waals surface area (Å²) < 4.78 is 1.98.